The Bertz CT molecular complexity index is 509. The number of aliphatic carboxylic acids is 1. The first-order valence-electron chi connectivity index (χ1n) is 6.95. The molecule has 1 aromatic carbocycles. The van der Waals surface area contributed by atoms with Crippen LogP contribution in [0.3, 0.4) is 0 Å². The van der Waals surface area contributed by atoms with E-state index in [0.717, 1.165) is 5.75 Å². The molecule has 21 heavy (non-hydrogen) atoms. The van der Waals surface area contributed by atoms with Crippen LogP contribution in [0.25, 0.3) is 0 Å². The second-order valence-corrected chi connectivity index (χ2v) is 6.60. The van der Waals surface area contributed by atoms with E-state index in [-0.39, 0.29) is 12.6 Å². The molecule has 1 aliphatic rings. The molecule has 1 unspecified atom stereocenters. The molecule has 114 valence electrons. The lowest BCUT2D eigenvalue weighted by molar-refractivity contribution is -0.146. The third kappa shape index (κ3) is 4.14. The molecule has 0 aromatic heterocycles. The second kappa shape index (κ2) is 6.85. The summed E-state index contributed by atoms with van der Waals surface area (Å²) >= 11 is 1.68. The molecule has 1 saturated heterocycles. The lowest BCUT2D eigenvalue weighted by Crippen LogP contribution is -2.41. The Hall–Kier alpha value is -1.69. The minimum atomic E-state index is -0.836. The van der Waals surface area contributed by atoms with Gasteiger partial charge < -0.3 is 15.3 Å². The third-order valence-electron chi connectivity index (χ3n) is 3.67. The minimum Gasteiger partial charge on any atom is -0.481 e. The summed E-state index contributed by atoms with van der Waals surface area (Å²) in [6.07, 6.45) is 0.508. The molecular formula is C15H20N2O3S. The lowest BCUT2D eigenvalue weighted by atomic mass is 9.90. The van der Waals surface area contributed by atoms with Gasteiger partial charge in [0.05, 0.1) is 5.41 Å². The van der Waals surface area contributed by atoms with Crippen molar-refractivity contribution in [3.63, 3.8) is 0 Å². The standard InChI is InChI=1S/C15H20N2O3S/c1-15(13(18)19)7-9-17(11-15)14(20)16-8-10-21-12-5-3-2-4-6-12/h2-6H,7-11H2,1H3,(H,16,20)(H,18,19). The highest BCUT2D eigenvalue weighted by Crippen LogP contribution is 2.29. The number of likely N-dealkylation sites (tertiary alicyclic amines) is 1. The lowest BCUT2D eigenvalue weighted by Gasteiger charge is -2.20. The van der Waals surface area contributed by atoms with Crippen molar-refractivity contribution in [1.82, 2.24) is 10.2 Å². The Balaban J connectivity index is 1.70. The van der Waals surface area contributed by atoms with E-state index in [1.54, 1.807) is 23.6 Å². The highest BCUT2D eigenvalue weighted by Gasteiger charge is 2.42. The Morgan fingerprint density at radius 2 is 2.10 bits per heavy atom. The quantitative estimate of drug-likeness (QED) is 0.647. The SMILES string of the molecule is CC1(C(=O)O)CCN(C(=O)NCCSc2ccccc2)C1. The smallest absolute Gasteiger partial charge is 0.317 e. The van der Waals surface area contributed by atoms with Crippen LogP contribution in [-0.2, 0) is 4.79 Å². The Morgan fingerprint density at radius 1 is 1.38 bits per heavy atom. The molecule has 1 aromatic rings. The van der Waals surface area contributed by atoms with Gasteiger partial charge in [0, 0.05) is 30.3 Å². The van der Waals surface area contributed by atoms with Gasteiger partial charge in [0.2, 0.25) is 0 Å². The van der Waals surface area contributed by atoms with Gasteiger partial charge in [0.15, 0.2) is 0 Å². The summed E-state index contributed by atoms with van der Waals surface area (Å²) < 4.78 is 0. The van der Waals surface area contributed by atoms with Crippen molar-refractivity contribution >= 4 is 23.8 Å². The predicted octanol–water partition coefficient (Wildman–Crippen LogP) is 2.28. The van der Waals surface area contributed by atoms with Crippen LogP contribution in [0.15, 0.2) is 35.2 Å². The molecule has 2 amide bonds. The van der Waals surface area contributed by atoms with Crippen LogP contribution >= 0.6 is 11.8 Å². The zero-order chi connectivity index (χ0) is 15.3. The average molecular weight is 308 g/mol. The second-order valence-electron chi connectivity index (χ2n) is 5.43. The fourth-order valence-electron chi connectivity index (χ4n) is 2.26. The number of carbonyl (C=O) groups excluding carboxylic acids is 1. The van der Waals surface area contributed by atoms with Crippen LogP contribution in [0.5, 0.6) is 0 Å². The number of nitrogens with one attached hydrogen (secondary N) is 1. The fourth-order valence-corrected chi connectivity index (χ4v) is 3.05. The zero-order valence-electron chi connectivity index (χ0n) is 12.0. The van der Waals surface area contributed by atoms with Gasteiger partial charge in [-0.2, -0.15) is 0 Å². The van der Waals surface area contributed by atoms with Gasteiger partial charge in [-0.25, -0.2) is 4.79 Å². The molecule has 1 aliphatic heterocycles. The molecule has 1 fully saturated rings. The fraction of sp³-hybridized carbons (Fsp3) is 0.467. The molecule has 6 heteroatoms. The molecule has 0 saturated carbocycles. The van der Waals surface area contributed by atoms with Crippen molar-refractivity contribution in [3.05, 3.63) is 30.3 Å². The van der Waals surface area contributed by atoms with Crippen LogP contribution in [-0.4, -0.2) is 47.4 Å². The number of nitrogens with zero attached hydrogens (tertiary/aromatic N) is 1. The summed E-state index contributed by atoms with van der Waals surface area (Å²) in [5.74, 6) is -0.0442. The van der Waals surface area contributed by atoms with Gasteiger partial charge in [-0.15, -0.1) is 11.8 Å². The first kappa shape index (κ1) is 15.7. The van der Waals surface area contributed by atoms with Gasteiger partial charge in [0.1, 0.15) is 0 Å². The van der Waals surface area contributed by atoms with Crippen molar-refractivity contribution in [3.8, 4) is 0 Å². The molecule has 1 heterocycles. The van der Waals surface area contributed by atoms with Crippen molar-refractivity contribution in [2.45, 2.75) is 18.2 Å². The Labute approximate surface area is 128 Å². The van der Waals surface area contributed by atoms with Crippen molar-refractivity contribution < 1.29 is 14.7 Å². The van der Waals surface area contributed by atoms with Gasteiger partial charge in [0.25, 0.3) is 0 Å². The van der Waals surface area contributed by atoms with Gasteiger partial charge >= 0.3 is 12.0 Å². The Morgan fingerprint density at radius 3 is 2.71 bits per heavy atom. The number of amides is 2. The molecule has 5 nitrogen and oxygen atoms in total. The van der Waals surface area contributed by atoms with Crippen LogP contribution in [0.1, 0.15) is 13.3 Å². The van der Waals surface area contributed by atoms with Gasteiger partial charge in [-0.3, -0.25) is 4.79 Å². The maximum Gasteiger partial charge on any atom is 0.317 e. The van der Waals surface area contributed by atoms with E-state index in [9.17, 15) is 9.59 Å². The van der Waals surface area contributed by atoms with E-state index in [1.807, 2.05) is 30.3 Å². The normalized spacial score (nSPS) is 21.3. The zero-order valence-corrected chi connectivity index (χ0v) is 12.9. The number of urea groups is 1. The number of carbonyl (C=O) groups is 2. The largest absolute Gasteiger partial charge is 0.481 e. The van der Waals surface area contributed by atoms with Gasteiger partial charge in [-0.1, -0.05) is 18.2 Å². The van der Waals surface area contributed by atoms with E-state index in [0.29, 0.717) is 19.5 Å². The van der Waals surface area contributed by atoms with E-state index in [4.69, 9.17) is 5.11 Å². The molecule has 0 spiro atoms. The predicted molar refractivity (Wildman–Crippen MR) is 82.5 cm³/mol. The average Bonchev–Trinajstić information content (AvgIpc) is 2.89. The monoisotopic (exact) mass is 308 g/mol. The number of hydrogen-bond acceptors (Lipinski definition) is 3. The maximum atomic E-state index is 12.0. The molecule has 2 rings (SSSR count). The van der Waals surface area contributed by atoms with E-state index in [2.05, 4.69) is 5.32 Å². The number of benzene rings is 1. The van der Waals surface area contributed by atoms with E-state index >= 15 is 0 Å². The number of hydrogen-bond donors (Lipinski definition) is 2. The first-order chi connectivity index (χ1) is 10.0. The number of rotatable bonds is 5. The van der Waals surface area contributed by atoms with Crippen LogP contribution in [0.2, 0.25) is 0 Å². The maximum absolute atomic E-state index is 12.0. The minimum absolute atomic E-state index is 0.173. The summed E-state index contributed by atoms with van der Waals surface area (Å²) in [5.41, 5.74) is -0.809. The summed E-state index contributed by atoms with van der Waals surface area (Å²) in [5, 5.41) is 12.0. The van der Waals surface area contributed by atoms with Crippen molar-refractivity contribution in [1.29, 1.82) is 0 Å². The van der Waals surface area contributed by atoms with Crippen molar-refractivity contribution in [2.75, 3.05) is 25.4 Å². The van der Waals surface area contributed by atoms with E-state index < -0.39 is 11.4 Å². The topological polar surface area (TPSA) is 69.6 Å². The summed E-state index contributed by atoms with van der Waals surface area (Å²) in [7, 11) is 0. The van der Waals surface area contributed by atoms with E-state index in [1.165, 1.54) is 4.90 Å². The summed E-state index contributed by atoms with van der Waals surface area (Å²) in [6.45, 7) is 3.03. The number of thioether (sulfide) groups is 1. The summed E-state index contributed by atoms with van der Waals surface area (Å²) in [6, 6.07) is 9.83. The van der Waals surface area contributed by atoms with Crippen LogP contribution in [0, 0.1) is 5.41 Å². The van der Waals surface area contributed by atoms with Crippen LogP contribution in [0.4, 0.5) is 4.79 Å². The highest BCUT2D eigenvalue weighted by molar-refractivity contribution is 7.99. The first-order valence-corrected chi connectivity index (χ1v) is 7.94. The van der Waals surface area contributed by atoms with Gasteiger partial charge in [-0.05, 0) is 25.5 Å². The number of carboxylic acid groups (broad SMARTS) is 1. The highest BCUT2D eigenvalue weighted by atomic mass is 32.2. The van der Waals surface area contributed by atoms with Crippen LogP contribution < -0.4 is 5.32 Å². The number of carboxylic acids is 1. The third-order valence-corrected chi connectivity index (χ3v) is 4.68. The molecule has 1 atom stereocenters. The van der Waals surface area contributed by atoms with Crippen molar-refractivity contribution in [2.24, 2.45) is 5.41 Å². The molecule has 0 radical (unpaired) electrons. The Kier molecular flexibility index (Phi) is 5.12. The summed E-state index contributed by atoms with van der Waals surface area (Å²) in [4.78, 5) is 25.9. The molecular weight excluding hydrogens is 288 g/mol. The molecule has 0 aliphatic carbocycles. The molecule has 0 bridgehead atoms. The molecule has 2 N–H and O–H groups in total.